The fourth-order valence-electron chi connectivity index (χ4n) is 3.28. The highest BCUT2D eigenvalue weighted by Crippen LogP contribution is 2.34. The number of piperazine rings is 1. The van der Waals surface area contributed by atoms with Crippen molar-refractivity contribution in [3.05, 3.63) is 16.5 Å². The van der Waals surface area contributed by atoms with Crippen LogP contribution < -0.4 is 4.90 Å². The summed E-state index contributed by atoms with van der Waals surface area (Å²) >= 11 is 3.64. The van der Waals surface area contributed by atoms with Crippen molar-refractivity contribution in [3.8, 4) is 0 Å². The third-order valence-corrected chi connectivity index (χ3v) is 5.02. The number of amides is 1. The maximum atomic E-state index is 12.4. The number of aromatic nitrogens is 3. The van der Waals surface area contributed by atoms with E-state index in [1.54, 1.807) is 4.90 Å². The zero-order valence-corrected chi connectivity index (χ0v) is 17.8. The van der Waals surface area contributed by atoms with Gasteiger partial charge in [0.15, 0.2) is 0 Å². The minimum Gasteiger partial charge on any atom is -0.444 e. The van der Waals surface area contributed by atoms with E-state index in [4.69, 9.17) is 9.72 Å². The van der Waals surface area contributed by atoms with Crippen molar-refractivity contribution in [2.24, 2.45) is 7.05 Å². The van der Waals surface area contributed by atoms with Crippen LogP contribution in [0.1, 0.15) is 33.5 Å². The molecule has 0 bridgehead atoms. The Balaban J connectivity index is 1.87. The van der Waals surface area contributed by atoms with E-state index >= 15 is 0 Å². The van der Waals surface area contributed by atoms with Crippen LogP contribution in [0.2, 0.25) is 0 Å². The minimum atomic E-state index is -0.484. The molecule has 0 aliphatic carbocycles. The van der Waals surface area contributed by atoms with E-state index in [1.165, 1.54) is 0 Å². The molecule has 0 spiro atoms. The van der Waals surface area contributed by atoms with Crippen molar-refractivity contribution in [1.82, 2.24) is 19.4 Å². The van der Waals surface area contributed by atoms with Gasteiger partial charge in [-0.05, 0) is 50.5 Å². The standard InChI is InChI=1S/C18H26BrN5O2/c1-11-9-23(17(25)26-18(3,4)5)7-8-24(11)16-14-13(19)10-22(6)15(14)20-12(2)21-16/h10-11H,7-9H2,1-6H3. The summed E-state index contributed by atoms with van der Waals surface area (Å²) in [7, 11) is 1.98. The van der Waals surface area contributed by atoms with E-state index in [-0.39, 0.29) is 12.1 Å². The van der Waals surface area contributed by atoms with Crippen LogP contribution in [-0.2, 0) is 11.8 Å². The largest absolute Gasteiger partial charge is 0.444 e. The molecule has 0 saturated carbocycles. The van der Waals surface area contributed by atoms with Crippen LogP contribution in [0.4, 0.5) is 10.6 Å². The van der Waals surface area contributed by atoms with Gasteiger partial charge in [0.25, 0.3) is 0 Å². The molecule has 3 rings (SSSR count). The molecule has 1 aliphatic rings. The monoisotopic (exact) mass is 423 g/mol. The zero-order chi connectivity index (χ0) is 19.2. The molecule has 1 saturated heterocycles. The molecule has 1 amide bonds. The number of anilines is 1. The highest BCUT2D eigenvalue weighted by atomic mass is 79.9. The molecule has 3 heterocycles. The first-order chi connectivity index (χ1) is 12.1. The molecule has 1 aliphatic heterocycles. The second-order valence-electron chi connectivity index (χ2n) is 7.85. The molecule has 0 N–H and O–H groups in total. The number of rotatable bonds is 1. The summed E-state index contributed by atoms with van der Waals surface area (Å²) in [5, 5.41) is 1.01. The number of aryl methyl sites for hydroxylation is 2. The molecule has 2 aromatic heterocycles. The van der Waals surface area contributed by atoms with Gasteiger partial charge in [-0.2, -0.15) is 0 Å². The third kappa shape index (κ3) is 3.65. The Kier molecular flexibility index (Phi) is 4.90. The maximum Gasteiger partial charge on any atom is 0.410 e. The number of carbonyl (C=O) groups is 1. The van der Waals surface area contributed by atoms with E-state index in [0.717, 1.165) is 27.1 Å². The molecule has 0 aromatic carbocycles. The summed E-state index contributed by atoms with van der Waals surface area (Å²) in [5.74, 6) is 1.65. The Morgan fingerprint density at radius 2 is 2.00 bits per heavy atom. The van der Waals surface area contributed by atoms with Crippen LogP contribution in [-0.4, -0.2) is 56.8 Å². The molecule has 8 heteroatoms. The lowest BCUT2D eigenvalue weighted by molar-refractivity contribution is 0.0218. The van der Waals surface area contributed by atoms with Crippen LogP contribution in [0.3, 0.4) is 0 Å². The molecular formula is C18H26BrN5O2. The first-order valence-electron chi connectivity index (χ1n) is 8.80. The van der Waals surface area contributed by atoms with Gasteiger partial charge in [-0.25, -0.2) is 14.8 Å². The van der Waals surface area contributed by atoms with Crippen LogP contribution >= 0.6 is 15.9 Å². The average molecular weight is 424 g/mol. The molecule has 2 aromatic rings. The summed E-state index contributed by atoms with van der Waals surface area (Å²) in [6.07, 6.45) is 1.75. The van der Waals surface area contributed by atoms with Crippen LogP contribution in [0.25, 0.3) is 11.0 Å². The number of carbonyl (C=O) groups excluding carboxylic acids is 1. The van der Waals surface area contributed by atoms with E-state index in [1.807, 2.05) is 45.5 Å². The van der Waals surface area contributed by atoms with Gasteiger partial charge in [0.2, 0.25) is 0 Å². The van der Waals surface area contributed by atoms with E-state index in [9.17, 15) is 4.79 Å². The van der Waals surface area contributed by atoms with Crippen molar-refractivity contribution in [2.45, 2.75) is 46.3 Å². The van der Waals surface area contributed by atoms with Crippen molar-refractivity contribution >= 4 is 38.9 Å². The van der Waals surface area contributed by atoms with E-state index in [2.05, 4.69) is 32.7 Å². The highest BCUT2D eigenvalue weighted by Gasteiger charge is 2.32. The molecular weight excluding hydrogens is 398 g/mol. The molecule has 1 unspecified atom stereocenters. The second kappa shape index (κ2) is 6.72. The van der Waals surface area contributed by atoms with Crippen molar-refractivity contribution < 1.29 is 9.53 Å². The van der Waals surface area contributed by atoms with E-state index in [0.29, 0.717) is 19.6 Å². The minimum absolute atomic E-state index is 0.126. The molecule has 26 heavy (non-hydrogen) atoms. The number of nitrogens with zero attached hydrogens (tertiary/aromatic N) is 5. The second-order valence-corrected chi connectivity index (χ2v) is 8.70. The third-order valence-electron chi connectivity index (χ3n) is 4.41. The Bertz CT molecular complexity index is 842. The quantitative estimate of drug-likeness (QED) is 0.702. The molecule has 0 radical (unpaired) electrons. The SMILES string of the molecule is Cc1nc(N2CCN(C(=O)OC(C)(C)C)CC2C)c2c(Br)cn(C)c2n1. The predicted octanol–water partition coefficient (Wildman–Crippen LogP) is 3.48. The van der Waals surface area contributed by atoms with E-state index < -0.39 is 5.60 Å². The zero-order valence-electron chi connectivity index (χ0n) is 16.2. The summed E-state index contributed by atoms with van der Waals surface area (Å²) in [5.41, 5.74) is 0.420. The highest BCUT2D eigenvalue weighted by molar-refractivity contribution is 9.10. The summed E-state index contributed by atoms with van der Waals surface area (Å²) in [6, 6.07) is 0.126. The molecule has 1 fully saturated rings. The normalized spacial score (nSPS) is 18.5. The van der Waals surface area contributed by atoms with Crippen LogP contribution in [0, 0.1) is 6.92 Å². The van der Waals surface area contributed by atoms with Gasteiger partial charge in [0.1, 0.15) is 22.9 Å². The summed E-state index contributed by atoms with van der Waals surface area (Å²) in [6.45, 7) is 11.6. The van der Waals surface area contributed by atoms with Crippen molar-refractivity contribution in [2.75, 3.05) is 24.5 Å². The summed E-state index contributed by atoms with van der Waals surface area (Å²) in [4.78, 5) is 25.7. The predicted molar refractivity (Wildman–Crippen MR) is 106 cm³/mol. The first-order valence-corrected chi connectivity index (χ1v) is 9.60. The van der Waals surface area contributed by atoms with Gasteiger partial charge in [0, 0.05) is 43.4 Å². The smallest absolute Gasteiger partial charge is 0.410 e. The molecule has 7 nitrogen and oxygen atoms in total. The molecule has 1 atom stereocenters. The lowest BCUT2D eigenvalue weighted by Gasteiger charge is -2.41. The fraction of sp³-hybridized carbons (Fsp3) is 0.611. The van der Waals surface area contributed by atoms with Crippen LogP contribution in [0.5, 0.6) is 0 Å². The topological polar surface area (TPSA) is 63.5 Å². The number of ether oxygens (including phenoxy) is 1. The van der Waals surface area contributed by atoms with Gasteiger partial charge < -0.3 is 19.1 Å². The van der Waals surface area contributed by atoms with Gasteiger partial charge >= 0.3 is 6.09 Å². The lowest BCUT2D eigenvalue weighted by Crippen LogP contribution is -2.55. The van der Waals surface area contributed by atoms with Crippen LogP contribution in [0.15, 0.2) is 10.7 Å². The maximum absolute atomic E-state index is 12.4. The summed E-state index contributed by atoms with van der Waals surface area (Å²) < 4.78 is 8.49. The fourth-order valence-corrected chi connectivity index (χ4v) is 3.94. The van der Waals surface area contributed by atoms with Gasteiger partial charge in [-0.3, -0.25) is 0 Å². The number of halogens is 1. The van der Waals surface area contributed by atoms with Gasteiger partial charge in [0.05, 0.1) is 5.39 Å². The Hall–Kier alpha value is -1.83. The number of fused-ring (bicyclic) bond motifs is 1. The molecule has 142 valence electrons. The average Bonchev–Trinajstić information content (AvgIpc) is 2.79. The lowest BCUT2D eigenvalue weighted by atomic mass is 10.1. The Morgan fingerprint density at radius 3 is 2.62 bits per heavy atom. The Labute approximate surface area is 162 Å². The van der Waals surface area contributed by atoms with Crippen molar-refractivity contribution in [3.63, 3.8) is 0 Å². The van der Waals surface area contributed by atoms with Gasteiger partial charge in [-0.15, -0.1) is 0 Å². The number of hydrogen-bond donors (Lipinski definition) is 0. The first kappa shape index (κ1) is 18.9. The van der Waals surface area contributed by atoms with Crippen molar-refractivity contribution in [1.29, 1.82) is 0 Å². The number of hydrogen-bond acceptors (Lipinski definition) is 5. The Morgan fingerprint density at radius 1 is 1.31 bits per heavy atom. The van der Waals surface area contributed by atoms with Gasteiger partial charge in [-0.1, -0.05) is 0 Å².